The number of anilines is 1. The van der Waals surface area contributed by atoms with Gasteiger partial charge in [0, 0.05) is 4.47 Å². The average Bonchev–Trinajstić information content (AvgIpc) is 2.73. The van der Waals surface area contributed by atoms with Crippen LogP contribution in [0.15, 0.2) is 34.9 Å². The summed E-state index contributed by atoms with van der Waals surface area (Å²) in [5.41, 5.74) is 7.79. The van der Waals surface area contributed by atoms with Crippen molar-refractivity contribution in [1.82, 2.24) is 19.7 Å². The molecule has 2 aromatic heterocycles. The Morgan fingerprint density at radius 1 is 1.32 bits per heavy atom. The molecule has 2 heterocycles. The fraction of sp³-hybridized carbons (Fsp3) is 0.154. The lowest BCUT2D eigenvalue weighted by molar-refractivity contribution is 0.702. The summed E-state index contributed by atoms with van der Waals surface area (Å²) in [6.07, 6.45) is 1.71. The van der Waals surface area contributed by atoms with Gasteiger partial charge in [-0.15, -0.1) is 0 Å². The Morgan fingerprint density at radius 3 is 2.95 bits per heavy atom. The largest absolute Gasteiger partial charge is 0.383 e. The van der Waals surface area contributed by atoms with Crippen LogP contribution in [0.3, 0.4) is 0 Å². The number of rotatable bonds is 2. The third-order valence-corrected chi connectivity index (χ3v) is 3.35. The highest BCUT2D eigenvalue weighted by Crippen LogP contribution is 2.19. The van der Waals surface area contributed by atoms with E-state index in [2.05, 4.69) is 43.1 Å². The fourth-order valence-electron chi connectivity index (χ4n) is 2.01. The molecular formula is C13H12BrN5. The molecule has 0 radical (unpaired) electrons. The molecule has 2 N–H and O–H groups in total. The van der Waals surface area contributed by atoms with Crippen LogP contribution in [0.1, 0.15) is 11.4 Å². The van der Waals surface area contributed by atoms with E-state index in [0.29, 0.717) is 18.2 Å². The Balaban J connectivity index is 2.06. The number of hydrogen-bond donors (Lipinski definition) is 1. The molecule has 3 rings (SSSR count). The minimum Gasteiger partial charge on any atom is -0.383 e. The minimum atomic E-state index is 0.475. The molecule has 0 bridgehead atoms. The number of nitrogens with zero attached hydrogens (tertiary/aromatic N) is 4. The van der Waals surface area contributed by atoms with E-state index in [4.69, 9.17) is 5.73 Å². The van der Waals surface area contributed by atoms with E-state index in [1.807, 2.05) is 23.7 Å². The fourth-order valence-corrected chi connectivity index (χ4v) is 2.46. The maximum atomic E-state index is 5.88. The first kappa shape index (κ1) is 12.1. The molecule has 0 spiro atoms. The molecule has 0 unspecified atom stereocenters. The summed E-state index contributed by atoms with van der Waals surface area (Å²) < 4.78 is 2.88. The highest BCUT2D eigenvalue weighted by Gasteiger charge is 2.09. The summed E-state index contributed by atoms with van der Waals surface area (Å²) in [4.78, 5) is 8.55. The van der Waals surface area contributed by atoms with E-state index in [0.717, 1.165) is 21.1 Å². The monoisotopic (exact) mass is 317 g/mol. The first-order valence-electron chi connectivity index (χ1n) is 5.83. The average molecular weight is 318 g/mol. The van der Waals surface area contributed by atoms with Crippen LogP contribution in [0, 0.1) is 6.92 Å². The van der Waals surface area contributed by atoms with Crippen LogP contribution >= 0.6 is 15.9 Å². The Hall–Kier alpha value is -1.95. The zero-order valence-corrected chi connectivity index (χ0v) is 11.9. The molecule has 5 nitrogen and oxygen atoms in total. The molecule has 0 aliphatic heterocycles. The number of hydrogen-bond acceptors (Lipinski definition) is 4. The highest BCUT2D eigenvalue weighted by atomic mass is 79.9. The molecule has 0 aliphatic rings. The Bertz CT molecular complexity index is 750. The lowest BCUT2D eigenvalue weighted by Gasteiger charge is -2.05. The van der Waals surface area contributed by atoms with E-state index in [1.165, 1.54) is 0 Å². The molecule has 19 heavy (non-hydrogen) atoms. The Morgan fingerprint density at radius 2 is 2.16 bits per heavy atom. The lowest BCUT2D eigenvalue weighted by atomic mass is 10.2. The standard InChI is InChI=1S/C13H12BrN5/c1-8-17-12(15)11-6-16-19(13(11)18-8)7-9-3-2-4-10(14)5-9/h2-6H,7H2,1H3,(H2,15,17,18). The molecule has 0 saturated heterocycles. The van der Waals surface area contributed by atoms with E-state index in [-0.39, 0.29) is 0 Å². The minimum absolute atomic E-state index is 0.475. The molecule has 0 fully saturated rings. The van der Waals surface area contributed by atoms with Crippen molar-refractivity contribution in [1.29, 1.82) is 0 Å². The van der Waals surface area contributed by atoms with Crippen molar-refractivity contribution in [2.75, 3.05) is 5.73 Å². The highest BCUT2D eigenvalue weighted by molar-refractivity contribution is 9.10. The third kappa shape index (κ3) is 2.31. The number of benzene rings is 1. The van der Waals surface area contributed by atoms with Gasteiger partial charge in [0.25, 0.3) is 0 Å². The van der Waals surface area contributed by atoms with Gasteiger partial charge in [0.2, 0.25) is 0 Å². The van der Waals surface area contributed by atoms with E-state index in [9.17, 15) is 0 Å². The molecule has 96 valence electrons. The lowest BCUT2D eigenvalue weighted by Crippen LogP contribution is -2.04. The molecule has 0 aliphatic carbocycles. The van der Waals surface area contributed by atoms with E-state index < -0.39 is 0 Å². The number of aromatic nitrogens is 4. The summed E-state index contributed by atoms with van der Waals surface area (Å²) in [6.45, 7) is 2.48. The molecule has 0 amide bonds. The van der Waals surface area contributed by atoms with Gasteiger partial charge in [0.05, 0.1) is 18.1 Å². The van der Waals surface area contributed by atoms with Gasteiger partial charge < -0.3 is 5.73 Å². The van der Waals surface area contributed by atoms with Crippen molar-refractivity contribution in [3.63, 3.8) is 0 Å². The summed E-state index contributed by atoms with van der Waals surface area (Å²) >= 11 is 3.46. The Kier molecular flexibility index (Phi) is 2.94. The number of nitrogen functional groups attached to an aromatic ring is 1. The van der Waals surface area contributed by atoms with Crippen LogP contribution in [0.2, 0.25) is 0 Å². The van der Waals surface area contributed by atoms with Gasteiger partial charge in [-0.1, -0.05) is 28.1 Å². The zero-order valence-electron chi connectivity index (χ0n) is 10.3. The molecule has 3 aromatic rings. The Labute approximate surface area is 118 Å². The van der Waals surface area contributed by atoms with Crippen LogP contribution < -0.4 is 5.73 Å². The van der Waals surface area contributed by atoms with Crippen LogP contribution in [0.4, 0.5) is 5.82 Å². The summed E-state index contributed by atoms with van der Waals surface area (Å²) in [7, 11) is 0. The van der Waals surface area contributed by atoms with Crippen molar-refractivity contribution in [3.05, 3.63) is 46.3 Å². The maximum Gasteiger partial charge on any atom is 0.163 e. The topological polar surface area (TPSA) is 69.6 Å². The third-order valence-electron chi connectivity index (χ3n) is 2.86. The molecular weight excluding hydrogens is 306 g/mol. The summed E-state index contributed by atoms with van der Waals surface area (Å²) in [6, 6.07) is 8.11. The second kappa shape index (κ2) is 4.62. The van der Waals surface area contributed by atoms with Crippen molar-refractivity contribution in [2.24, 2.45) is 0 Å². The zero-order chi connectivity index (χ0) is 13.4. The molecule has 1 aromatic carbocycles. The van der Waals surface area contributed by atoms with Crippen LogP contribution in [-0.2, 0) is 6.54 Å². The maximum absolute atomic E-state index is 5.88. The number of halogens is 1. The van der Waals surface area contributed by atoms with Gasteiger partial charge in [0.15, 0.2) is 5.65 Å². The van der Waals surface area contributed by atoms with Crippen molar-refractivity contribution < 1.29 is 0 Å². The first-order valence-corrected chi connectivity index (χ1v) is 6.63. The van der Waals surface area contributed by atoms with Crippen LogP contribution in [0.25, 0.3) is 11.0 Å². The second-order valence-electron chi connectivity index (χ2n) is 4.33. The summed E-state index contributed by atoms with van der Waals surface area (Å²) in [5, 5.41) is 5.13. The SMILES string of the molecule is Cc1nc(N)c2cnn(Cc3cccc(Br)c3)c2n1. The van der Waals surface area contributed by atoms with Gasteiger partial charge in [-0.05, 0) is 24.6 Å². The van der Waals surface area contributed by atoms with Crippen molar-refractivity contribution >= 4 is 32.8 Å². The van der Waals surface area contributed by atoms with Gasteiger partial charge >= 0.3 is 0 Å². The van der Waals surface area contributed by atoms with Gasteiger partial charge in [-0.2, -0.15) is 5.10 Å². The molecule has 0 saturated carbocycles. The van der Waals surface area contributed by atoms with Gasteiger partial charge in [0.1, 0.15) is 11.6 Å². The number of nitrogens with two attached hydrogens (primary N) is 1. The van der Waals surface area contributed by atoms with Crippen LogP contribution in [-0.4, -0.2) is 19.7 Å². The quantitative estimate of drug-likeness (QED) is 0.788. The second-order valence-corrected chi connectivity index (χ2v) is 5.24. The van der Waals surface area contributed by atoms with Gasteiger partial charge in [-0.3, -0.25) is 0 Å². The molecule has 6 heteroatoms. The predicted octanol–water partition coefficient (Wildman–Crippen LogP) is 2.53. The number of aryl methyl sites for hydroxylation is 1. The first-order chi connectivity index (χ1) is 9.13. The van der Waals surface area contributed by atoms with Crippen molar-refractivity contribution in [2.45, 2.75) is 13.5 Å². The number of fused-ring (bicyclic) bond motifs is 1. The summed E-state index contributed by atoms with van der Waals surface area (Å²) in [5.74, 6) is 1.13. The van der Waals surface area contributed by atoms with Gasteiger partial charge in [-0.25, -0.2) is 14.6 Å². The molecule has 0 atom stereocenters. The van der Waals surface area contributed by atoms with E-state index >= 15 is 0 Å². The van der Waals surface area contributed by atoms with E-state index in [1.54, 1.807) is 6.20 Å². The predicted molar refractivity (Wildman–Crippen MR) is 77.7 cm³/mol. The van der Waals surface area contributed by atoms with Crippen LogP contribution in [0.5, 0.6) is 0 Å². The smallest absolute Gasteiger partial charge is 0.163 e. The normalized spacial score (nSPS) is 11.1. The van der Waals surface area contributed by atoms with Crippen molar-refractivity contribution in [3.8, 4) is 0 Å².